The molecular formula is C27H30N4O5S. The van der Waals surface area contributed by atoms with Gasteiger partial charge in [-0.15, -0.1) is 0 Å². The zero-order valence-corrected chi connectivity index (χ0v) is 21.7. The van der Waals surface area contributed by atoms with Crippen LogP contribution in [0.3, 0.4) is 0 Å². The van der Waals surface area contributed by atoms with Gasteiger partial charge < -0.3 is 10.2 Å². The molecule has 9 nitrogen and oxygen atoms in total. The Labute approximate surface area is 216 Å². The van der Waals surface area contributed by atoms with Crippen LogP contribution in [0.25, 0.3) is 11.1 Å². The van der Waals surface area contributed by atoms with Gasteiger partial charge in [-0.2, -0.15) is 0 Å². The zero-order valence-electron chi connectivity index (χ0n) is 20.9. The maximum atomic E-state index is 13.1. The highest BCUT2D eigenvalue weighted by Crippen LogP contribution is 2.28. The molecule has 37 heavy (non-hydrogen) atoms. The summed E-state index contributed by atoms with van der Waals surface area (Å²) < 4.78 is 24.3. The maximum Gasteiger partial charge on any atom is 0.313 e. The number of rotatable bonds is 8. The van der Waals surface area contributed by atoms with E-state index in [9.17, 15) is 18.0 Å². The molecule has 0 bridgehead atoms. The molecule has 2 amide bonds. The number of hydroxylamine groups is 1. The molecule has 3 rings (SSSR count). The third-order valence-electron chi connectivity index (χ3n) is 5.51. The van der Waals surface area contributed by atoms with Gasteiger partial charge in [0.05, 0.1) is 4.90 Å². The van der Waals surface area contributed by atoms with Crippen LogP contribution in [0.4, 0.5) is 5.69 Å². The second-order valence-corrected chi connectivity index (χ2v) is 11.1. The summed E-state index contributed by atoms with van der Waals surface area (Å²) in [5.41, 5.74) is 4.55. The molecule has 0 saturated heterocycles. The van der Waals surface area contributed by atoms with Crippen molar-refractivity contribution in [3.63, 3.8) is 0 Å². The average Bonchev–Trinajstić information content (AvgIpc) is 2.87. The number of nitrogens with one attached hydrogen (secondary N) is 3. The minimum Gasteiger partial charge on any atom is -0.330 e. The molecule has 0 radical (unpaired) electrons. The second-order valence-electron chi connectivity index (χ2n) is 9.07. The number of benzene rings is 3. The van der Waals surface area contributed by atoms with Crippen LogP contribution in [0, 0.1) is 11.3 Å². The van der Waals surface area contributed by atoms with E-state index in [0.717, 1.165) is 6.26 Å². The molecule has 0 atom stereocenters. The molecule has 4 N–H and O–H groups in total. The molecule has 3 aromatic carbocycles. The van der Waals surface area contributed by atoms with E-state index in [4.69, 9.17) is 10.6 Å². The predicted octanol–water partition coefficient (Wildman–Crippen LogP) is 3.68. The third-order valence-corrected chi connectivity index (χ3v) is 6.66. The minimum absolute atomic E-state index is 0.103. The lowest BCUT2D eigenvalue weighted by Gasteiger charge is -2.24. The number of amidine groups is 1. The fourth-order valence-corrected chi connectivity index (χ4v) is 4.77. The summed E-state index contributed by atoms with van der Waals surface area (Å²) in [5, 5.41) is 19.3. The van der Waals surface area contributed by atoms with Gasteiger partial charge in [-0.3, -0.25) is 25.7 Å². The van der Waals surface area contributed by atoms with Crippen molar-refractivity contribution in [1.29, 1.82) is 5.41 Å². The van der Waals surface area contributed by atoms with Crippen molar-refractivity contribution >= 4 is 33.2 Å². The van der Waals surface area contributed by atoms with Gasteiger partial charge >= 0.3 is 11.8 Å². The van der Waals surface area contributed by atoms with E-state index in [1.165, 1.54) is 4.90 Å². The largest absolute Gasteiger partial charge is 0.330 e. The fourth-order valence-electron chi connectivity index (χ4n) is 3.86. The minimum atomic E-state index is -3.42. The Bertz CT molecular complexity index is 1400. The van der Waals surface area contributed by atoms with Gasteiger partial charge in [-0.1, -0.05) is 62.4 Å². The average molecular weight is 523 g/mol. The van der Waals surface area contributed by atoms with Crippen molar-refractivity contribution in [1.82, 2.24) is 10.4 Å². The summed E-state index contributed by atoms with van der Waals surface area (Å²) in [6.07, 6.45) is 1.15. The predicted molar refractivity (Wildman–Crippen MR) is 142 cm³/mol. The molecule has 0 aliphatic heterocycles. The first kappa shape index (κ1) is 27.6. The highest BCUT2D eigenvalue weighted by molar-refractivity contribution is 7.90. The number of nitrogens with zero attached hydrogens (tertiary/aromatic N) is 1. The second kappa shape index (κ2) is 11.8. The fraction of sp³-hybridized carbons (Fsp3) is 0.222. The van der Waals surface area contributed by atoms with E-state index in [-0.39, 0.29) is 23.2 Å². The van der Waals surface area contributed by atoms with Crippen LogP contribution in [0.1, 0.15) is 25.0 Å². The van der Waals surface area contributed by atoms with Gasteiger partial charge in [-0.05, 0) is 41.3 Å². The van der Waals surface area contributed by atoms with E-state index in [2.05, 4.69) is 5.32 Å². The van der Waals surface area contributed by atoms with Crippen molar-refractivity contribution < 1.29 is 23.2 Å². The Kier molecular flexibility index (Phi) is 8.80. The van der Waals surface area contributed by atoms with E-state index in [1.807, 2.05) is 13.8 Å². The normalized spacial score (nSPS) is 11.2. The Morgan fingerprint density at radius 1 is 1.00 bits per heavy atom. The number of carbonyl (C=O) groups excluding carboxylic acids is 2. The smallest absolute Gasteiger partial charge is 0.313 e. The third kappa shape index (κ3) is 7.25. The topological polar surface area (TPSA) is 140 Å². The number of carbonyl (C=O) groups is 2. The molecule has 0 aliphatic rings. The van der Waals surface area contributed by atoms with Gasteiger partial charge in [-0.25, -0.2) is 8.42 Å². The first-order valence-electron chi connectivity index (χ1n) is 11.6. The van der Waals surface area contributed by atoms with Crippen molar-refractivity contribution in [3.05, 3.63) is 83.9 Å². The molecule has 0 aliphatic carbocycles. The molecule has 194 valence electrons. The first-order valence-corrected chi connectivity index (χ1v) is 13.5. The van der Waals surface area contributed by atoms with Gasteiger partial charge in [0.25, 0.3) is 0 Å². The molecule has 0 saturated carbocycles. The Balaban J connectivity index is 1.76. The summed E-state index contributed by atoms with van der Waals surface area (Å²) in [5.74, 6) is -1.58. The van der Waals surface area contributed by atoms with Crippen LogP contribution in [0.15, 0.2) is 77.7 Å². The van der Waals surface area contributed by atoms with E-state index in [0.29, 0.717) is 34.5 Å². The SMILES string of the molecule is CC(C)CN(Cc1cccc(C(=N)NO)c1)C(=O)C(=O)Nc1ccc(-c2ccccc2S(C)(=O)=O)cc1. The number of hydrogen-bond acceptors (Lipinski definition) is 6. The van der Waals surface area contributed by atoms with Crippen LogP contribution in [-0.2, 0) is 26.0 Å². The van der Waals surface area contributed by atoms with Crippen LogP contribution in [0.5, 0.6) is 0 Å². The Morgan fingerprint density at radius 2 is 1.68 bits per heavy atom. The van der Waals surface area contributed by atoms with Crippen LogP contribution >= 0.6 is 0 Å². The maximum absolute atomic E-state index is 13.1. The van der Waals surface area contributed by atoms with Gasteiger partial charge in [0.1, 0.15) is 5.84 Å². The number of amides is 2. The number of anilines is 1. The summed E-state index contributed by atoms with van der Waals surface area (Å²) in [6.45, 7) is 4.37. The summed E-state index contributed by atoms with van der Waals surface area (Å²) >= 11 is 0. The van der Waals surface area contributed by atoms with E-state index >= 15 is 0 Å². The quantitative estimate of drug-likeness (QED) is 0.154. The van der Waals surface area contributed by atoms with Crippen LogP contribution < -0.4 is 10.8 Å². The van der Waals surface area contributed by atoms with E-state index in [1.54, 1.807) is 78.3 Å². The van der Waals surface area contributed by atoms with Crippen molar-refractivity contribution in [3.8, 4) is 11.1 Å². The molecule has 0 unspecified atom stereocenters. The monoisotopic (exact) mass is 522 g/mol. The zero-order chi connectivity index (χ0) is 27.2. The number of sulfone groups is 1. The van der Waals surface area contributed by atoms with Crippen molar-refractivity contribution in [2.24, 2.45) is 5.92 Å². The van der Waals surface area contributed by atoms with Crippen LogP contribution in [-0.4, -0.2) is 49.0 Å². The lowest BCUT2D eigenvalue weighted by Crippen LogP contribution is -2.41. The highest BCUT2D eigenvalue weighted by atomic mass is 32.2. The molecule has 0 fully saturated rings. The number of hydrogen-bond donors (Lipinski definition) is 4. The lowest BCUT2D eigenvalue weighted by atomic mass is 10.1. The summed E-state index contributed by atoms with van der Waals surface area (Å²) in [4.78, 5) is 27.5. The van der Waals surface area contributed by atoms with Gasteiger partial charge in [0.15, 0.2) is 9.84 Å². The van der Waals surface area contributed by atoms with Gasteiger partial charge in [0, 0.05) is 36.2 Å². The van der Waals surface area contributed by atoms with E-state index < -0.39 is 21.7 Å². The first-order chi connectivity index (χ1) is 17.5. The molecule has 0 heterocycles. The Morgan fingerprint density at radius 3 is 2.30 bits per heavy atom. The Hall–Kier alpha value is -4.02. The lowest BCUT2D eigenvalue weighted by molar-refractivity contribution is -0.143. The van der Waals surface area contributed by atoms with Crippen molar-refractivity contribution in [2.45, 2.75) is 25.3 Å². The molecule has 3 aromatic rings. The molecule has 0 spiro atoms. The standard InChI is InChI=1S/C27H30N4O5S/c1-18(2)16-31(17-19-7-6-8-21(15-19)25(28)30-34)27(33)26(32)29-22-13-11-20(12-14-22)23-9-4-5-10-24(23)37(3,35)36/h4-15,18,34H,16-17H2,1-3H3,(H2,28,30)(H,29,32). The molecule has 0 aromatic heterocycles. The van der Waals surface area contributed by atoms with Crippen LogP contribution in [0.2, 0.25) is 0 Å². The highest BCUT2D eigenvalue weighted by Gasteiger charge is 2.23. The van der Waals surface area contributed by atoms with Crippen molar-refractivity contribution in [2.75, 3.05) is 18.1 Å². The summed E-state index contributed by atoms with van der Waals surface area (Å²) in [7, 11) is -3.42. The molecular weight excluding hydrogens is 492 g/mol. The van der Waals surface area contributed by atoms with Gasteiger partial charge in [0.2, 0.25) is 0 Å². The molecule has 10 heteroatoms. The summed E-state index contributed by atoms with van der Waals surface area (Å²) in [6, 6.07) is 20.1.